The van der Waals surface area contributed by atoms with E-state index in [2.05, 4.69) is 5.43 Å². The monoisotopic (exact) mass is 520 g/mol. The van der Waals surface area contributed by atoms with Gasteiger partial charge in [0.15, 0.2) is 5.17 Å². The van der Waals surface area contributed by atoms with Gasteiger partial charge >= 0.3 is 0 Å². The second kappa shape index (κ2) is 9.79. The molecule has 36 heavy (non-hydrogen) atoms. The van der Waals surface area contributed by atoms with Gasteiger partial charge in [0, 0.05) is 11.4 Å². The molecule has 0 saturated carbocycles. The van der Waals surface area contributed by atoms with Gasteiger partial charge in [-0.25, -0.2) is 9.29 Å². The third kappa shape index (κ3) is 4.74. The number of rotatable bonds is 4. The molecule has 0 aliphatic carbocycles. The topological polar surface area (TPSA) is 76.5 Å². The minimum Gasteiger partial charge on any atom is -0.295 e. The molecule has 6 nitrogen and oxygen atoms in total. The molecule has 0 spiro atoms. The Morgan fingerprint density at radius 2 is 1.69 bits per heavy atom. The van der Waals surface area contributed by atoms with Crippen LogP contribution >= 0.6 is 23.4 Å². The molecule has 3 aromatic carbocycles. The van der Waals surface area contributed by atoms with Crippen molar-refractivity contribution in [2.75, 3.05) is 4.90 Å². The highest BCUT2D eigenvalue weighted by molar-refractivity contribution is 8.14. The van der Waals surface area contributed by atoms with Gasteiger partial charge in [-0.15, -0.1) is 0 Å². The quantitative estimate of drug-likeness (QED) is 0.262. The van der Waals surface area contributed by atoms with Gasteiger partial charge in [-0.3, -0.25) is 25.4 Å². The number of hydrazine groups is 1. The van der Waals surface area contributed by atoms with E-state index in [0.29, 0.717) is 10.7 Å². The molecule has 0 unspecified atom stereocenters. The molecule has 9 heteroatoms. The number of aryl methyl sites for hydroxylation is 1. The first kappa shape index (κ1) is 24.1. The number of amidine groups is 1. The molecule has 2 heterocycles. The van der Waals surface area contributed by atoms with E-state index < -0.39 is 17.0 Å². The van der Waals surface area contributed by atoms with Gasteiger partial charge in [0.1, 0.15) is 11.1 Å². The van der Waals surface area contributed by atoms with E-state index in [1.54, 1.807) is 17.1 Å². The van der Waals surface area contributed by atoms with Crippen LogP contribution in [0.15, 0.2) is 78.9 Å². The second-order valence-electron chi connectivity index (χ2n) is 8.58. The normalized spacial score (nSPS) is 19.5. The van der Waals surface area contributed by atoms with E-state index in [4.69, 9.17) is 17.0 Å². The van der Waals surface area contributed by atoms with Crippen molar-refractivity contribution in [3.63, 3.8) is 0 Å². The third-order valence-electron chi connectivity index (χ3n) is 6.08. The molecule has 0 bridgehead atoms. The molecule has 1 saturated heterocycles. The SMILES string of the molecule is Cc1ccc(C2=C[C@@H](c3ccc(Cl)cc3)N(C(=N)S[C@@H]3CC(=O)N(c4ccc(F)cc4)C3=O)N2)cc1. The summed E-state index contributed by atoms with van der Waals surface area (Å²) in [5.74, 6) is -1.25. The second-order valence-corrected chi connectivity index (χ2v) is 10.2. The van der Waals surface area contributed by atoms with E-state index in [0.717, 1.165) is 39.0 Å². The van der Waals surface area contributed by atoms with Crippen molar-refractivity contribution < 1.29 is 14.0 Å². The predicted octanol–water partition coefficient (Wildman–Crippen LogP) is 5.69. The lowest BCUT2D eigenvalue weighted by Crippen LogP contribution is -2.39. The summed E-state index contributed by atoms with van der Waals surface area (Å²) in [5.41, 5.74) is 7.49. The summed E-state index contributed by atoms with van der Waals surface area (Å²) < 4.78 is 13.3. The number of nitrogens with one attached hydrogen (secondary N) is 2. The number of nitrogens with zero attached hydrogens (tertiary/aromatic N) is 2. The average Bonchev–Trinajstić information content (AvgIpc) is 3.42. The van der Waals surface area contributed by atoms with Gasteiger partial charge in [0.25, 0.3) is 0 Å². The summed E-state index contributed by atoms with van der Waals surface area (Å²) in [4.78, 5) is 26.8. The lowest BCUT2D eigenvalue weighted by atomic mass is 10.0. The standard InChI is InChI=1S/C27H22ClFN4O2S/c1-16-2-4-17(5-3-16)22-14-23(18-6-8-19(28)9-7-18)33(31-22)27(30)36-24-15-25(34)32(26(24)35)21-12-10-20(29)11-13-21/h2-14,23-24,30-31H,15H2,1H3/t23-,24+/m0/s1. The highest BCUT2D eigenvalue weighted by Gasteiger charge is 2.42. The summed E-state index contributed by atoms with van der Waals surface area (Å²) in [6.45, 7) is 2.02. The average molecular weight is 521 g/mol. The smallest absolute Gasteiger partial charge is 0.247 e. The first-order valence-corrected chi connectivity index (χ1v) is 12.5. The number of benzene rings is 3. The van der Waals surface area contributed by atoms with Crippen molar-refractivity contribution in [2.45, 2.75) is 24.6 Å². The molecule has 0 radical (unpaired) electrons. The molecule has 0 aromatic heterocycles. The summed E-state index contributed by atoms with van der Waals surface area (Å²) in [5, 5.41) is 10.5. The minimum absolute atomic E-state index is 0.0407. The zero-order valence-corrected chi connectivity index (χ0v) is 20.8. The highest BCUT2D eigenvalue weighted by atomic mass is 35.5. The van der Waals surface area contributed by atoms with Gasteiger partial charge in [0.2, 0.25) is 11.8 Å². The van der Waals surface area contributed by atoms with E-state index in [1.807, 2.05) is 49.4 Å². The van der Waals surface area contributed by atoms with Crippen molar-refractivity contribution >= 4 is 51.7 Å². The van der Waals surface area contributed by atoms with Gasteiger partial charge in [-0.05, 0) is 60.5 Å². The Hall–Kier alpha value is -3.62. The largest absolute Gasteiger partial charge is 0.295 e. The molecule has 5 rings (SSSR count). The van der Waals surface area contributed by atoms with Crippen molar-refractivity contribution in [1.29, 1.82) is 5.41 Å². The number of carbonyl (C=O) groups excluding carboxylic acids is 2. The molecule has 2 N–H and O–H groups in total. The van der Waals surface area contributed by atoms with E-state index >= 15 is 0 Å². The zero-order chi connectivity index (χ0) is 25.4. The third-order valence-corrected chi connectivity index (χ3v) is 7.41. The first-order chi connectivity index (χ1) is 17.3. The summed E-state index contributed by atoms with van der Waals surface area (Å²) in [6.07, 6.45) is 1.98. The van der Waals surface area contributed by atoms with Crippen LogP contribution in [0.2, 0.25) is 5.02 Å². The Bertz CT molecular complexity index is 1360. The van der Waals surface area contributed by atoms with Crippen LogP contribution < -0.4 is 10.3 Å². The summed E-state index contributed by atoms with van der Waals surface area (Å²) in [6, 6.07) is 20.3. The minimum atomic E-state index is -0.758. The molecule has 3 aromatic rings. The fraction of sp³-hybridized carbons (Fsp3) is 0.148. The lowest BCUT2D eigenvalue weighted by molar-refractivity contribution is -0.121. The number of hydrogen-bond acceptors (Lipinski definition) is 5. The van der Waals surface area contributed by atoms with Crippen molar-refractivity contribution in [2.24, 2.45) is 0 Å². The zero-order valence-electron chi connectivity index (χ0n) is 19.2. The molecule has 182 valence electrons. The Morgan fingerprint density at radius 1 is 1.03 bits per heavy atom. The predicted molar refractivity (Wildman–Crippen MR) is 141 cm³/mol. The molecule has 1 fully saturated rings. The van der Waals surface area contributed by atoms with Gasteiger partial charge < -0.3 is 0 Å². The number of hydrogen-bond donors (Lipinski definition) is 2. The molecule has 2 aliphatic rings. The fourth-order valence-electron chi connectivity index (χ4n) is 4.19. The van der Waals surface area contributed by atoms with Crippen LogP contribution in [0.3, 0.4) is 0 Å². The van der Waals surface area contributed by atoms with E-state index in [-0.39, 0.29) is 23.5 Å². The maximum Gasteiger partial charge on any atom is 0.247 e. The number of halogens is 2. The Labute approximate surface area is 217 Å². The molecule has 2 amide bonds. The van der Waals surface area contributed by atoms with Crippen LogP contribution in [0.1, 0.15) is 29.2 Å². The van der Waals surface area contributed by atoms with Gasteiger partial charge in [-0.1, -0.05) is 65.3 Å². The van der Waals surface area contributed by atoms with Gasteiger partial charge in [0.05, 0.1) is 17.4 Å². The van der Waals surface area contributed by atoms with E-state index in [9.17, 15) is 14.0 Å². The van der Waals surface area contributed by atoms with Crippen LogP contribution in [0.5, 0.6) is 0 Å². The number of imide groups is 1. The highest BCUT2D eigenvalue weighted by Crippen LogP contribution is 2.37. The van der Waals surface area contributed by atoms with E-state index in [1.165, 1.54) is 24.3 Å². The van der Waals surface area contributed by atoms with Crippen LogP contribution in [0, 0.1) is 18.2 Å². The fourth-order valence-corrected chi connectivity index (χ4v) is 5.29. The lowest BCUT2D eigenvalue weighted by Gasteiger charge is -2.28. The number of amides is 2. The number of thioether (sulfide) groups is 1. The maximum atomic E-state index is 13.3. The van der Waals surface area contributed by atoms with Crippen LogP contribution in [0.25, 0.3) is 5.70 Å². The van der Waals surface area contributed by atoms with Gasteiger partial charge in [-0.2, -0.15) is 0 Å². The molecular formula is C27H22ClFN4O2S. The molecule has 2 aliphatic heterocycles. The number of anilines is 1. The first-order valence-electron chi connectivity index (χ1n) is 11.3. The van der Waals surface area contributed by atoms with Crippen molar-refractivity contribution in [1.82, 2.24) is 10.4 Å². The van der Waals surface area contributed by atoms with Crippen molar-refractivity contribution in [3.05, 3.63) is 106 Å². The molecule has 2 atom stereocenters. The number of carbonyl (C=O) groups is 2. The van der Waals surface area contributed by atoms with Crippen LogP contribution in [-0.2, 0) is 9.59 Å². The summed E-state index contributed by atoms with van der Waals surface area (Å²) in [7, 11) is 0. The van der Waals surface area contributed by atoms with Crippen molar-refractivity contribution in [3.8, 4) is 0 Å². The Morgan fingerprint density at radius 3 is 2.36 bits per heavy atom. The Balaban J connectivity index is 1.38. The Kier molecular flexibility index (Phi) is 6.55. The molecular weight excluding hydrogens is 499 g/mol. The summed E-state index contributed by atoms with van der Waals surface area (Å²) >= 11 is 7.11. The van der Waals surface area contributed by atoms with Crippen LogP contribution in [0.4, 0.5) is 10.1 Å². The van der Waals surface area contributed by atoms with Crippen LogP contribution in [-0.4, -0.2) is 27.2 Å². The maximum absolute atomic E-state index is 13.3.